The average molecular weight is 492 g/mol. The number of nitrogens with one attached hydrogen (secondary N) is 1. The van der Waals surface area contributed by atoms with E-state index in [0.29, 0.717) is 17.1 Å². The highest BCUT2D eigenvalue weighted by Crippen LogP contribution is 2.42. The molecule has 1 fully saturated rings. The summed E-state index contributed by atoms with van der Waals surface area (Å²) in [5.41, 5.74) is 1.85. The summed E-state index contributed by atoms with van der Waals surface area (Å²) in [6, 6.07) is 23.8. The van der Waals surface area contributed by atoms with Crippen molar-refractivity contribution in [1.82, 2.24) is 5.32 Å². The van der Waals surface area contributed by atoms with E-state index in [0.717, 1.165) is 22.9 Å². The summed E-state index contributed by atoms with van der Waals surface area (Å²) in [4.78, 5) is 27.7. The molecule has 3 aromatic rings. The number of hydrogen-bond acceptors (Lipinski definition) is 4. The van der Waals surface area contributed by atoms with E-state index in [1.54, 1.807) is 12.1 Å². The Morgan fingerprint density at radius 2 is 1.74 bits per heavy atom. The van der Waals surface area contributed by atoms with Crippen LogP contribution in [0.25, 0.3) is 0 Å². The Hall–Kier alpha value is -3.60. The maximum Gasteiger partial charge on any atom is 0.264 e. The van der Waals surface area contributed by atoms with Crippen LogP contribution in [0.2, 0.25) is 5.02 Å². The molecule has 2 amide bonds. The number of hydrogen-bond donors (Lipinski definition) is 1. The minimum Gasteiger partial charge on any atom is -0.347 e. The fourth-order valence-electron chi connectivity index (χ4n) is 3.54. The molecule has 1 aliphatic rings. The molecule has 8 heteroatoms. The molecule has 1 saturated heterocycles. The molecule has 1 heterocycles. The Labute approximate surface area is 205 Å². The first kappa shape index (κ1) is 23.6. The van der Waals surface area contributed by atoms with E-state index in [2.05, 4.69) is 5.32 Å². The number of carbonyl (C=O) groups is 2. The van der Waals surface area contributed by atoms with Gasteiger partial charge >= 0.3 is 0 Å². The second-order valence-electron chi connectivity index (χ2n) is 7.51. The van der Waals surface area contributed by atoms with Gasteiger partial charge in [0.25, 0.3) is 5.91 Å². The van der Waals surface area contributed by atoms with Crippen LogP contribution in [-0.4, -0.2) is 17.1 Å². The number of benzene rings is 3. The zero-order valence-electron chi connectivity index (χ0n) is 17.9. The predicted octanol–water partition coefficient (Wildman–Crippen LogP) is 5.22. The van der Waals surface area contributed by atoms with E-state index in [1.807, 2.05) is 48.5 Å². The standard InChI is InChI=1S/C26H19ClFN3O2S/c27-22-9-5-4-8-18(22)14-23-25(33)31(20-12-10-19(28)11-13-20)26(34-23)21(15-29)24(32)30-16-17-6-2-1-3-7-17/h1-13,23H,14,16H2,(H,30,32)/b26-21-/t23-/m1/s1. The molecule has 5 nitrogen and oxygen atoms in total. The van der Waals surface area contributed by atoms with Crippen LogP contribution in [0, 0.1) is 17.1 Å². The molecule has 3 aromatic carbocycles. The number of rotatable bonds is 6. The quantitative estimate of drug-likeness (QED) is 0.379. The minimum absolute atomic E-state index is 0.180. The summed E-state index contributed by atoms with van der Waals surface area (Å²) in [5, 5.41) is 12.7. The lowest BCUT2D eigenvalue weighted by Crippen LogP contribution is -2.32. The van der Waals surface area contributed by atoms with E-state index in [-0.39, 0.29) is 23.1 Å². The van der Waals surface area contributed by atoms with Gasteiger partial charge in [0.15, 0.2) is 0 Å². The van der Waals surface area contributed by atoms with Crippen LogP contribution < -0.4 is 10.2 Å². The van der Waals surface area contributed by atoms with Gasteiger partial charge in [0.05, 0.1) is 5.25 Å². The third-order valence-corrected chi connectivity index (χ3v) is 6.88. The lowest BCUT2D eigenvalue weighted by Gasteiger charge is -2.18. The number of halogens is 2. The molecule has 0 spiro atoms. The fourth-order valence-corrected chi connectivity index (χ4v) is 5.05. The summed E-state index contributed by atoms with van der Waals surface area (Å²) in [5.74, 6) is -1.36. The lowest BCUT2D eigenvalue weighted by atomic mass is 10.1. The summed E-state index contributed by atoms with van der Waals surface area (Å²) >= 11 is 7.43. The Kier molecular flexibility index (Phi) is 7.31. The Morgan fingerprint density at radius 1 is 1.06 bits per heavy atom. The van der Waals surface area contributed by atoms with Crippen LogP contribution in [0.5, 0.6) is 0 Å². The largest absolute Gasteiger partial charge is 0.347 e. The van der Waals surface area contributed by atoms with Crippen molar-refractivity contribution >= 4 is 40.9 Å². The first-order chi connectivity index (χ1) is 16.5. The van der Waals surface area contributed by atoms with Crippen LogP contribution in [0.4, 0.5) is 10.1 Å². The highest BCUT2D eigenvalue weighted by molar-refractivity contribution is 8.05. The van der Waals surface area contributed by atoms with Crippen molar-refractivity contribution in [2.24, 2.45) is 0 Å². The van der Waals surface area contributed by atoms with Crippen molar-refractivity contribution in [3.05, 3.63) is 111 Å². The van der Waals surface area contributed by atoms with Crippen molar-refractivity contribution in [2.45, 2.75) is 18.2 Å². The van der Waals surface area contributed by atoms with Gasteiger partial charge < -0.3 is 5.32 Å². The molecule has 0 saturated carbocycles. The molecule has 0 unspecified atom stereocenters. The number of amides is 2. The summed E-state index contributed by atoms with van der Waals surface area (Å²) in [6.07, 6.45) is 0.314. The molecule has 1 N–H and O–H groups in total. The second kappa shape index (κ2) is 10.6. The normalized spacial score (nSPS) is 16.8. The summed E-state index contributed by atoms with van der Waals surface area (Å²) in [7, 11) is 0. The van der Waals surface area contributed by atoms with Gasteiger partial charge in [-0.05, 0) is 47.9 Å². The maximum absolute atomic E-state index is 13.5. The van der Waals surface area contributed by atoms with Crippen molar-refractivity contribution < 1.29 is 14.0 Å². The topological polar surface area (TPSA) is 73.2 Å². The summed E-state index contributed by atoms with van der Waals surface area (Å²) < 4.78 is 13.5. The monoisotopic (exact) mass is 491 g/mol. The van der Waals surface area contributed by atoms with Crippen molar-refractivity contribution in [3.63, 3.8) is 0 Å². The van der Waals surface area contributed by atoms with Crippen LogP contribution in [0.15, 0.2) is 89.5 Å². The van der Waals surface area contributed by atoms with Gasteiger partial charge in [-0.2, -0.15) is 5.26 Å². The lowest BCUT2D eigenvalue weighted by molar-refractivity contribution is -0.117. The average Bonchev–Trinajstić information content (AvgIpc) is 3.16. The molecule has 0 radical (unpaired) electrons. The molecular weight excluding hydrogens is 473 g/mol. The molecule has 4 rings (SSSR count). The van der Waals surface area contributed by atoms with Crippen LogP contribution in [-0.2, 0) is 22.6 Å². The molecule has 0 aromatic heterocycles. The zero-order chi connectivity index (χ0) is 24.1. The van der Waals surface area contributed by atoms with Crippen molar-refractivity contribution in [3.8, 4) is 6.07 Å². The molecular formula is C26H19ClFN3O2S. The van der Waals surface area contributed by atoms with E-state index >= 15 is 0 Å². The second-order valence-corrected chi connectivity index (χ2v) is 9.11. The third-order valence-electron chi connectivity index (χ3n) is 5.25. The maximum atomic E-state index is 13.5. The van der Waals surface area contributed by atoms with Gasteiger partial charge in [-0.3, -0.25) is 14.5 Å². The van der Waals surface area contributed by atoms with Crippen LogP contribution >= 0.6 is 23.4 Å². The zero-order valence-corrected chi connectivity index (χ0v) is 19.4. The van der Waals surface area contributed by atoms with E-state index in [9.17, 15) is 19.2 Å². The van der Waals surface area contributed by atoms with Gasteiger partial charge in [-0.15, -0.1) is 0 Å². The number of thioether (sulfide) groups is 1. The highest BCUT2D eigenvalue weighted by Gasteiger charge is 2.41. The SMILES string of the molecule is N#C/C(C(=O)NCc1ccccc1)=C1/S[C@H](Cc2ccccc2Cl)C(=O)N1c1ccc(F)cc1. The van der Waals surface area contributed by atoms with Crippen molar-refractivity contribution in [1.29, 1.82) is 5.26 Å². The van der Waals surface area contributed by atoms with Gasteiger partial charge in [0.2, 0.25) is 5.91 Å². The molecule has 170 valence electrons. The fraction of sp³-hybridized carbons (Fsp3) is 0.115. The first-order valence-electron chi connectivity index (χ1n) is 10.4. The van der Waals surface area contributed by atoms with Gasteiger partial charge in [0, 0.05) is 17.3 Å². The van der Waals surface area contributed by atoms with E-state index < -0.39 is 17.0 Å². The van der Waals surface area contributed by atoms with Gasteiger partial charge in [-0.25, -0.2) is 4.39 Å². The van der Waals surface area contributed by atoms with E-state index in [1.165, 1.54) is 29.2 Å². The number of carbonyl (C=O) groups excluding carboxylic acids is 2. The minimum atomic E-state index is -0.606. The van der Waals surface area contributed by atoms with Gasteiger partial charge in [-0.1, -0.05) is 71.9 Å². The van der Waals surface area contributed by atoms with Gasteiger partial charge in [0.1, 0.15) is 22.5 Å². The predicted molar refractivity (Wildman–Crippen MR) is 131 cm³/mol. The van der Waals surface area contributed by atoms with E-state index in [4.69, 9.17) is 11.6 Å². The van der Waals surface area contributed by atoms with Crippen molar-refractivity contribution in [2.75, 3.05) is 4.90 Å². The molecule has 1 aliphatic heterocycles. The Balaban J connectivity index is 1.68. The highest BCUT2D eigenvalue weighted by atomic mass is 35.5. The number of nitriles is 1. The number of nitrogens with zero attached hydrogens (tertiary/aromatic N) is 2. The van der Waals surface area contributed by atoms with Crippen LogP contribution in [0.1, 0.15) is 11.1 Å². The molecule has 1 atom stereocenters. The Morgan fingerprint density at radius 3 is 2.41 bits per heavy atom. The molecule has 0 aliphatic carbocycles. The summed E-state index contributed by atoms with van der Waals surface area (Å²) in [6.45, 7) is 0.232. The first-order valence-corrected chi connectivity index (χ1v) is 11.7. The molecule has 0 bridgehead atoms. The molecule has 34 heavy (non-hydrogen) atoms. The van der Waals surface area contributed by atoms with Crippen LogP contribution in [0.3, 0.4) is 0 Å². The third kappa shape index (κ3) is 5.14. The Bertz CT molecular complexity index is 1290. The number of anilines is 1. The smallest absolute Gasteiger partial charge is 0.264 e.